The summed E-state index contributed by atoms with van der Waals surface area (Å²) in [5, 5.41) is 7.07. The van der Waals surface area contributed by atoms with Crippen molar-refractivity contribution in [2.45, 2.75) is 26.7 Å². The van der Waals surface area contributed by atoms with Gasteiger partial charge in [0.25, 0.3) is 0 Å². The smallest absolute Gasteiger partial charge is 0.220 e. The number of nitrogens with one attached hydrogen (secondary N) is 1. The Morgan fingerprint density at radius 2 is 2.19 bits per heavy atom. The standard InChI is InChI=1S/C11H20N4O/c1-8-10(9(2)15(3)14-8)4-5-11(16)13-7-6-12/h4-7,12H2,1-3H3,(H,13,16). The predicted octanol–water partition coefficient (Wildman–Crippen LogP) is 0.0444. The molecule has 1 aromatic rings. The molecule has 16 heavy (non-hydrogen) atoms. The molecule has 0 fully saturated rings. The van der Waals surface area contributed by atoms with Crippen molar-refractivity contribution in [3.05, 3.63) is 17.0 Å². The summed E-state index contributed by atoms with van der Waals surface area (Å²) in [6, 6.07) is 0. The van der Waals surface area contributed by atoms with E-state index >= 15 is 0 Å². The summed E-state index contributed by atoms with van der Waals surface area (Å²) in [6.07, 6.45) is 1.23. The van der Waals surface area contributed by atoms with Gasteiger partial charge in [0.1, 0.15) is 0 Å². The van der Waals surface area contributed by atoms with E-state index in [9.17, 15) is 4.79 Å². The maximum absolute atomic E-state index is 11.4. The second-order valence-corrected chi connectivity index (χ2v) is 3.91. The molecule has 0 aliphatic heterocycles. The molecule has 0 aliphatic carbocycles. The van der Waals surface area contributed by atoms with Crippen LogP contribution in [-0.2, 0) is 18.3 Å². The van der Waals surface area contributed by atoms with Gasteiger partial charge in [0.2, 0.25) is 5.91 Å². The van der Waals surface area contributed by atoms with Crippen molar-refractivity contribution in [1.82, 2.24) is 15.1 Å². The van der Waals surface area contributed by atoms with E-state index in [-0.39, 0.29) is 5.91 Å². The molecule has 90 valence electrons. The van der Waals surface area contributed by atoms with Gasteiger partial charge in [-0.2, -0.15) is 5.10 Å². The average Bonchev–Trinajstić information content (AvgIpc) is 2.48. The first-order valence-corrected chi connectivity index (χ1v) is 5.52. The topological polar surface area (TPSA) is 72.9 Å². The van der Waals surface area contributed by atoms with Crippen LogP contribution in [0.5, 0.6) is 0 Å². The number of rotatable bonds is 5. The third-order valence-electron chi connectivity index (χ3n) is 2.73. The second kappa shape index (κ2) is 5.65. The van der Waals surface area contributed by atoms with Crippen molar-refractivity contribution in [2.75, 3.05) is 13.1 Å². The Bertz CT molecular complexity index is 370. The van der Waals surface area contributed by atoms with E-state index < -0.39 is 0 Å². The van der Waals surface area contributed by atoms with Crippen molar-refractivity contribution in [3.63, 3.8) is 0 Å². The van der Waals surface area contributed by atoms with Gasteiger partial charge in [0, 0.05) is 32.3 Å². The summed E-state index contributed by atoms with van der Waals surface area (Å²) < 4.78 is 1.85. The Hall–Kier alpha value is -1.36. The molecule has 0 atom stereocenters. The van der Waals surface area contributed by atoms with E-state index in [2.05, 4.69) is 10.4 Å². The Balaban J connectivity index is 2.51. The van der Waals surface area contributed by atoms with Crippen LogP contribution in [0.2, 0.25) is 0 Å². The van der Waals surface area contributed by atoms with E-state index in [1.54, 1.807) is 0 Å². The van der Waals surface area contributed by atoms with Gasteiger partial charge < -0.3 is 11.1 Å². The lowest BCUT2D eigenvalue weighted by Gasteiger charge is -2.04. The Morgan fingerprint density at radius 1 is 1.50 bits per heavy atom. The van der Waals surface area contributed by atoms with Crippen molar-refractivity contribution in [1.29, 1.82) is 0 Å². The van der Waals surface area contributed by atoms with Crippen molar-refractivity contribution in [2.24, 2.45) is 12.8 Å². The van der Waals surface area contributed by atoms with Crippen LogP contribution in [0.25, 0.3) is 0 Å². The predicted molar refractivity (Wildman–Crippen MR) is 63.1 cm³/mol. The largest absolute Gasteiger partial charge is 0.355 e. The normalized spacial score (nSPS) is 10.5. The third kappa shape index (κ3) is 3.06. The van der Waals surface area contributed by atoms with Gasteiger partial charge in [-0.3, -0.25) is 9.48 Å². The van der Waals surface area contributed by atoms with Gasteiger partial charge in [-0.25, -0.2) is 0 Å². The molecular formula is C11H20N4O. The Kier molecular flexibility index (Phi) is 4.49. The number of aryl methyl sites for hydroxylation is 2. The zero-order valence-corrected chi connectivity index (χ0v) is 10.2. The summed E-state index contributed by atoms with van der Waals surface area (Å²) in [4.78, 5) is 11.4. The number of nitrogens with zero attached hydrogens (tertiary/aromatic N) is 2. The number of hydrogen-bond donors (Lipinski definition) is 2. The number of nitrogens with two attached hydrogens (primary N) is 1. The first-order valence-electron chi connectivity index (χ1n) is 5.52. The molecule has 5 heteroatoms. The van der Waals surface area contributed by atoms with Gasteiger partial charge >= 0.3 is 0 Å². The van der Waals surface area contributed by atoms with Gasteiger partial charge in [0.05, 0.1) is 5.69 Å². The summed E-state index contributed by atoms with van der Waals surface area (Å²) in [5.41, 5.74) is 8.61. The average molecular weight is 224 g/mol. The number of hydrogen-bond acceptors (Lipinski definition) is 3. The zero-order valence-electron chi connectivity index (χ0n) is 10.2. The highest BCUT2D eigenvalue weighted by atomic mass is 16.1. The highest BCUT2D eigenvalue weighted by molar-refractivity contribution is 5.76. The maximum Gasteiger partial charge on any atom is 0.220 e. The minimum Gasteiger partial charge on any atom is -0.355 e. The Morgan fingerprint density at radius 3 is 2.69 bits per heavy atom. The molecule has 0 aliphatic rings. The van der Waals surface area contributed by atoms with E-state index in [0.29, 0.717) is 19.5 Å². The first-order chi connectivity index (χ1) is 7.56. The van der Waals surface area contributed by atoms with Crippen LogP contribution in [0.1, 0.15) is 23.4 Å². The molecular weight excluding hydrogens is 204 g/mol. The molecule has 3 N–H and O–H groups in total. The molecule has 0 saturated carbocycles. The van der Waals surface area contributed by atoms with Crippen molar-refractivity contribution in [3.8, 4) is 0 Å². The Labute approximate surface area is 96.0 Å². The maximum atomic E-state index is 11.4. The van der Waals surface area contributed by atoms with E-state index in [0.717, 1.165) is 17.8 Å². The second-order valence-electron chi connectivity index (χ2n) is 3.91. The molecule has 0 bridgehead atoms. The minimum absolute atomic E-state index is 0.0492. The van der Waals surface area contributed by atoms with Gasteiger partial charge in [-0.15, -0.1) is 0 Å². The molecule has 0 aromatic carbocycles. The minimum atomic E-state index is 0.0492. The van der Waals surface area contributed by atoms with E-state index in [1.807, 2.05) is 25.6 Å². The fourth-order valence-electron chi connectivity index (χ4n) is 1.72. The summed E-state index contributed by atoms with van der Waals surface area (Å²) in [7, 11) is 1.92. The van der Waals surface area contributed by atoms with Crippen LogP contribution < -0.4 is 11.1 Å². The molecule has 5 nitrogen and oxygen atoms in total. The van der Waals surface area contributed by atoms with Gasteiger partial charge in [-0.1, -0.05) is 0 Å². The molecule has 1 amide bonds. The van der Waals surface area contributed by atoms with Crippen LogP contribution in [0, 0.1) is 13.8 Å². The molecule has 1 heterocycles. The van der Waals surface area contributed by atoms with Crippen LogP contribution in [-0.4, -0.2) is 28.8 Å². The fraction of sp³-hybridized carbons (Fsp3) is 0.636. The van der Waals surface area contributed by atoms with Crippen LogP contribution in [0.3, 0.4) is 0 Å². The lowest BCUT2D eigenvalue weighted by atomic mass is 10.1. The molecule has 0 radical (unpaired) electrons. The van der Waals surface area contributed by atoms with Crippen LogP contribution in [0.4, 0.5) is 0 Å². The molecule has 0 saturated heterocycles. The van der Waals surface area contributed by atoms with Crippen LogP contribution in [0.15, 0.2) is 0 Å². The molecule has 1 rings (SSSR count). The summed E-state index contributed by atoms with van der Waals surface area (Å²) >= 11 is 0. The quantitative estimate of drug-likeness (QED) is 0.742. The molecule has 0 unspecified atom stereocenters. The van der Waals surface area contributed by atoms with E-state index in [1.165, 1.54) is 5.56 Å². The van der Waals surface area contributed by atoms with Crippen molar-refractivity contribution >= 4 is 5.91 Å². The highest BCUT2D eigenvalue weighted by Crippen LogP contribution is 2.13. The van der Waals surface area contributed by atoms with Gasteiger partial charge in [-0.05, 0) is 25.8 Å². The van der Waals surface area contributed by atoms with E-state index in [4.69, 9.17) is 5.73 Å². The number of aromatic nitrogens is 2. The molecule has 1 aromatic heterocycles. The third-order valence-corrected chi connectivity index (χ3v) is 2.73. The summed E-state index contributed by atoms with van der Waals surface area (Å²) in [5.74, 6) is 0.0492. The monoisotopic (exact) mass is 224 g/mol. The van der Waals surface area contributed by atoms with Crippen molar-refractivity contribution < 1.29 is 4.79 Å². The summed E-state index contributed by atoms with van der Waals surface area (Å²) in [6.45, 7) is 5.02. The fourth-order valence-corrected chi connectivity index (χ4v) is 1.72. The molecule has 0 spiro atoms. The zero-order chi connectivity index (χ0) is 12.1. The number of amides is 1. The highest BCUT2D eigenvalue weighted by Gasteiger charge is 2.10. The van der Waals surface area contributed by atoms with Crippen LogP contribution >= 0.6 is 0 Å². The lowest BCUT2D eigenvalue weighted by molar-refractivity contribution is -0.120. The number of carbonyl (C=O) groups is 1. The SMILES string of the molecule is Cc1nn(C)c(C)c1CCC(=O)NCCN. The first kappa shape index (κ1) is 12.7. The van der Waals surface area contributed by atoms with Gasteiger partial charge in [0.15, 0.2) is 0 Å². The number of carbonyl (C=O) groups excluding carboxylic acids is 1. The lowest BCUT2D eigenvalue weighted by Crippen LogP contribution is -2.29.